The third-order valence-corrected chi connectivity index (χ3v) is 6.17. The number of para-hydroxylation sites is 1. The molecule has 10 nitrogen and oxygen atoms in total. The van der Waals surface area contributed by atoms with Crippen LogP contribution in [-0.2, 0) is 19.1 Å². The highest BCUT2D eigenvalue weighted by molar-refractivity contribution is 5.99. The lowest BCUT2D eigenvalue weighted by molar-refractivity contribution is -0.143. The Kier molecular flexibility index (Phi) is 9.47. The molecular formula is C26H39F2N5O5. The van der Waals surface area contributed by atoms with Crippen LogP contribution in [0.5, 0.6) is 0 Å². The maximum atomic E-state index is 14.1. The van der Waals surface area contributed by atoms with Crippen LogP contribution in [0.25, 0.3) is 0 Å². The predicted molar refractivity (Wildman–Crippen MR) is 138 cm³/mol. The first-order chi connectivity index (χ1) is 17.3. The van der Waals surface area contributed by atoms with E-state index >= 15 is 0 Å². The molecule has 212 valence electrons. The minimum atomic E-state index is -1.11. The summed E-state index contributed by atoms with van der Waals surface area (Å²) in [4.78, 5) is 54.6. The first kappa shape index (κ1) is 30.9. The first-order valence-electron chi connectivity index (χ1n) is 12.4. The molecule has 2 unspecified atom stereocenters. The van der Waals surface area contributed by atoms with E-state index in [4.69, 9.17) is 10.5 Å². The van der Waals surface area contributed by atoms with Crippen molar-refractivity contribution in [3.8, 4) is 0 Å². The van der Waals surface area contributed by atoms with E-state index in [1.165, 1.54) is 24.9 Å². The summed E-state index contributed by atoms with van der Waals surface area (Å²) in [6.07, 6.45) is -0.641. The molecule has 4 N–H and O–H groups in total. The molecule has 4 atom stereocenters. The molecule has 1 aromatic rings. The second-order valence-electron chi connectivity index (χ2n) is 11.7. The first-order valence-corrected chi connectivity index (χ1v) is 12.4. The van der Waals surface area contributed by atoms with Gasteiger partial charge >= 0.3 is 6.09 Å². The molecule has 12 heteroatoms. The highest BCUT2D eigenvalue weighted by atomic mass is 19.1. The van der Waals surface area contributed by atoms with Crippen molar-refractivity contribution < 1.29 is 32.7 Å². The quantitative estimate of drug-likeness (QED) is 0.509. The maximum Gasteiger partial charge on any atom is 0.410 e. The summed E-state index contributed by atoms with van der Waals surface area (Å²) < 4.78 is 33.5. The molecule has 1 aliphatic heterocycles. The van der Waals surface area contributed by atoms with Gasteiger partial charge in [0.1, 0.15) is 41.0 Å². The summed E-state index contributed by atoms with van der Waals surface area (Å²) in [6.45, 7) is 11.8. The fraction of sp³-hybridized carbons (Fsp3) is 0.615. The number of carbonyl (C=O) groups is 4. The molecule has 0 bridgehead atoms. The Morgan fingerprint density at radius 1 is 1.11 bits per heavy atom. The zero-order valence-electron chi connectivity index (χ0n) is 23.2. The molecular weight excluding hydrogens is 500 g/mol. The second-order valence-corrected chi connectivity index (χ2v) is 11.7. The maximum absolute atomic E-state index is 14.1. The van der Waals surface area contributed by atoms with Gasteiger partial charge < -0.3 is 26.0 Å². The standard InChI is InChI=1S/C26H39F2N5O5/c1-14(32(8)24(37)38-26(5,6)7)21(34)31-20(25(2,3)4)23(36)33-13-15(29)12-18(33)22(35)30-19-16(27)10-9-11-17(19)28/h9-11,14-15,18,20H,12-13,29H2,1-8H3,(H,30,35)(H,31,34)/t14?,15-,18-,20?/m0/s1. The van der Waals surface area contributed by atoms with Crippen molar-refractivity contribution >= 4 is 29.5 Å². The number of hydrogen-bond acceptors (Lipinski definition) is 6. The van der Waals surface area contributed by atoms with Crippen LogP contribution in [0.15, 0.2) is 18.2 Å². The zero-order valence-corrected chi connectivity index (χ0v) is 23.2. The number of amides is 4. The predicted octanol–water partition coefficient (Wildman–Crippen LogP) is 2.62. The Morgan fingerprint density at radius 2 is 1.66 bits per heavy atom. The molecule has 1 aromatic carbocycles. The summed E-state index contributed by atoms with van der Waals surface area (Å²) in [5.74, 6) is -3.90. The molecule has 0 radical (unpaired) electrons. The number of hydrogen-bond donors (Lipinski definition) is 3. The molecule has 38 heavy (non-hydrogen) atoms. The van der Waals surface area contributed by atoms with E-state index < -0.39 is 76.3 Å². The lowest BCUT2D eigenvalue weighted by Crippen LogP contribution is -2.60. The van der Waals surface area contributed by atoms with Crippen molar-refractivity contribution in [3.05, 3.63) is 29.8 Å². The molecule has 1 heterocycles. The van der Waals surface area contributed by atoms with Gasteiger partial charge in [-0.25, -0.2) is 13.6 Å². The van der Waals surface area contributed by atoms with Gasteiger partial charge in [-0.15, -0.1) is 0 Å². The SMILES string of the molecule is CC(C(=O)NC(C(=O)N1C[C@@H](N)C[C@H]1C(=O)Nc1c(F)cccc1F)C(C)(C)C)N(C)C(=O)OC(C)(C)C. The van der Waals surface area contributed by atoms with Crippen molar-refractivity contribution in [2.45, 2.75) is 84.7 Å². The Morgan fingerprint density at radius 3 is 2.16 bits per heavy atom. The molecule has 0 aromatic heterocycles. The average molecular weight is 540 g/mol. The Balaban J connectivity index is 2.24. The van der Waals surface area contributed by atoms with E-state index in [-0.39, 0.29) is 13.0 Å². The number of rotatable bonds is 6. The number of ether oxygens (including phenoxy) is 1. The number of halogens is 2. The van der Waals surface area contributed by atoms with Crippen LogP contribution in [0.1, 0.15) is 54.9 Å². The highest BCUT2D eigenvalue weighted by Crippen LogP contribution is 2.27. The van der Waals surface area contributed by atoms with E-state index in [0.717, 1.165) is 17.0 Å². The number of likely N-dealkylation sites (N-methyl/N-ethyl adjacent to an activating group) is 1. The largest absolute Gasteiger partial charge is 0.444 e. The van der Waals surface area contributed by atoms with E-state index in [9.17, 15) is 28.0 Å². The highest BCUT2D eigenvalue weighted by Gasteiger charge is 2.45. The van der Waals surface area contributed by atoms with Crippen LogP contribution in [0.3, 0.4) is 0 Å². The lowest BCUT2D eigenvalue weighted by Gasteiger charge is -2.36. The Bertz CT molecular complexity index is 1050. The molecule has 0 aliphatic carbocycles. The average Bonchev–Trinajstić information content (AvgIpc) is 3.18. The van der Waals surface area contributed by atoms with Crippen LogP contribution < -0.4 is 16.4 Å². The van der Waals surface area contributed by atoms with Crippen molar-refractivity contribution in [1.29, 1.82) is 0 Å². The summed E-state index contributed by atoms with van der Waals surface area (Å²) in [6, 6.07) is -0.583. The molecule has 1 fully saturated rings. The van der Waals surface area contributed by atoms with Crippen LogP contribution in [-0.4, -0.2) is 77.0 Å². The van der Waals surface area contributed by atoms with Gasteiger partial charge in [-0.05, 0) is 51.7 Å². The normalized spacial score (nSPS) is 19.4. The van der Waals surface area contributed by atoms with Crippen LogP contribution >= 0.6 is 0 Å². The van der Waals surface area contributed by atoms with Crippen LogP contribution in [0.4, 0.5) is 19.3 Å². The number of nitrogens with zero attached hydrogens (tertiary/aromatic N) is 2. The number of carbonyl (C=O) groups excluding carboxylic acids is 4. The molecule has 1 saturated heterocycles. The molecule has 2 rings (SSSR count). The van der Waals surface area contributed by atoms with Crippen LogP contribution in [0, 0.1) is 17.0 Å². The molecule has 1 aliphatic rings. The number of likely N-dealkylation sites (tertiary alicyclic amines) is 1. The van der Waals surface area contributed by atoms with E-state index in [2.05, 4.69) is 10.6 Å². The number of nitrogens with two attached hydrogens (primary N) is 1. The Hall–Kier alpha value is -3.28. The topological polar surface area (TPSA) is 134 Å². The van der Waals surface area contributed by atoms with Crippen molar-refractivity contribution in [1.82, 2.24) is 15.1 Å². The summed E-state index contributed by atoms with van der Waals surface area (Å²) in [5.41, 5.74) is 3.87. The molecule has 4 amide bonds. The second kappa shape index (κ2) is 11.6. The summed E-state index contributed by atoms with van der Waals surface area (Å²) in [7, 11) is 1.41. The monoisotopic (exact) mass is 539 g/mol. The van der Waals surface area contributed by atoms with Crippen LogP contribution in [0.2, 0.25) is 0 Å². The van der Waals surface area contributed by atoms with Gasteiger partial charge in [0, 0.05) is 19.6 Å². The zero-order chi connectivity index (χ0) is 29.2. The van der Waals surface area contributed by atoms with Gasteiger partial charge in [0.05, 0.1) is 0 Å². The van der Waals surface area contributed by atoms with Gasteiger partial charge in [-0.2, -0.15) is 0 Å². The van der Waals surface area contributed by atoms with Gasteiger partial charge in [-0.1, -0.05) is 26.8 Å². The van der Waals surface area contributed by atoms with Gasteiger partial charge in [0.15, 0.2) is 0 Å². The Labute approximate surface area is 222 Å². The fourth-order valence-corrected chi connectivity index (χ4v) is 3.93. The van der Waals surface area contributed by atoms with Crippen molar-refractivity contribution in [3.63, 3.8) is 0 Å². The summed E-state index contributed by atoms with van der Waals surface area (Å²) in [5, 5.41) is 4.93. The third-order valence-electron chi connectivity index (χ3n) is 6.17. The van der Waals surface area contributed by atoms with Crippen molar-refractivity contribution in [2.75, 3.05) is 18.9 Å². The van der Waals surface area contributed by atoms with Gasteiger partial charge in [0.2, 0.25) is 17.7 Å². The van der Waals surface area contributed by atoms with Crippen molar-refractivity contribution in [2.24, 2.45) is 11.1 Å². The van der Waals surface area contributed by atoms with E-state index in [1.807, 2.05) is 0 Å². The van der Waals surface area contributed by atoms with E-state index in [0.29, 0.717) is 0 Å². The molecule has 0 spiro atoms. The summed E-state index contributed by atoms with van der Waals surface area (Å²) >= 11 is 0. The van der Waals surface area contributed by atoms with Gasteiger partial charge in [0.25, 0.3) is 0 Å². The minimum Gasteiger partial charge on any atom is -0.444 e. The number of anilines is 1. The minimum absolute atomic E-state index is 0.00644. The smallest absolute Gasteiger partial charge is 0.410 e. The fourth-order valence-electron chi connectivity index (χ4n) is 3.93. The molecule has 0 saturated carbocycles. The number of benzene rings is 1. The van der Waals surface area contributed by atoms with E-state index in [1.54, 1.807) is 41.5 Å². The number of nitrogens with one attached hydrogen (secondary N) is 2. The van der Waals surface area contributed by atoms with Gasteiger partial charge in [-0.3, -0.25) is 19.3 Å². The third kappa shape index (κ3) is 7.62. The lowest BCUT2D eigenvalue weighted by atomic mass is 9.85.